The van der Waals surface area contributed by atoms with E-state index < -0.39 is 0 Å². The van der Waals surface area contributed by atoms with Crippen molar-refractivity contribution in [1.29, 1.82) is 0 Å². The number of benzene rings is 8. The fourth-order valence-electron chi connectivity index (χ4n) is 11.5. The van der Waals surface area contributed by atoms with Crippen LogP contribution in [0.4, 0.5) is 11.4 Å². The first-order chi connectivity index (χ1) is 29.1. The number of fused-ring (bicyclic) bond motifs is 18. The lowest BCUT2D eigenvalue weighted by Crippen LogP contribution is -2.60. The number of hydrogen-bond donors (Lipinski definition) is 0. The van der Waals surface area contributed by atoms with E-state index in [-0.39, 0.29) is 17.7 Å². The highest BCUT2D eigenvalue weighted by Gasteiger charge is 2.46. The quantitative estimate of drug-likeness (QED) is 0.156. The van der Waals surface area contributed by atoms with Crippen LogP contribution in [0.3, 0.4) is 0 Å². The third kappa shape index (κ3) is 3.94. The molecule has 5 heteroatoms. The van der Waals surface area contributed by atoms with E-state index in [0.717, 1.165) is 54.8 Å². The Kier molecular flexibility index (Phi) is 5.92. The highest BCUT2D eigenvalue weighted by molar-refractivity contribution is 6.93. The van der Waals surface area contributed by atoms with E-state index >= 15 is 0 Å². The van der Waals surface area contributed by atoms with Crippen LogP contribution in [0, 0.1) is 0 Å². The van der Waals surface area contributed by atoms with Gasteiger partial charge >= 0.3 is 6.85 Å². The maximum atomic E-state index is 6.85. The van der Waals surface area contributed by atoms with Crippen molar-refractivity contribution in [1.82, 2.24) is 4.57 Å². The van der Waals surface area contributed by atoms with E-state index in [1.165, 1.54) is 77.8 Å². The average Bonchev–Trinajstić information content (AvgIpc) is 3.98. The third-order valence-electron chi connectivity index (χ3n) is 14.3. The molecule has 14 rings (SSSR count). The number of nitrogens with zero attached hydrogens (tertiary/aromatic N) is 2. The van der Waals surface area contributed by atoms with Crippen molar-refractivity contribution >= 4 is 94.8 Å². The van der Waals surface area contributed by atoms with Crippen molar-refractivity contribution in [3.63, 3.8) is 0 Å². The molecule has 0 radical (unpaired) electrons. The van der Waals surface area contributed by atoms with Gasteiger partial charge in [0.15, 0.2) is 0 Å². The summed E-state index contributed by atoms with van der Waals surface area (Å²) in [5.41, 5.74) is 21.3. The van der Waals surface area contributed by atoms with Crippen LogP contribution in [0.2, 0.25) is 0 Å². The highest BCUT2D eigenvalue weighted by Crippen LogP contribution is 2.52. The summed E-state index contributed by atoms with van der Waals surface area (Å²) in [6.07, 6.45) is 0. The van der Waals surface area contributed by atoms with Crippen LogP contribution < -0.4 is 15.7 Å². The molecule has 0 spiro atoms. The molecule has 0 atom stereocenters. The van der Waals surface area contributed by atoms with Crippen LogP contribution in [0.1, 0.15) is 51.3 Å². The van der Waals surface area contributed by atoms with Gasteiger partial charge in [0.05, 0.1) is 16.4 Å². The zero-order chi connectivity index (χ0) is 40.0. The van der Waals surface area contributed by atoms with Gasteiger partial charge in [0.25, 0.3) is 0 Å². The summed E-state index contributed by atoms with van der Waals surface area (Å²) in [7, 11) is 0. The van der Waals surface area contributed by atoms with E-state index in [1.807, 2.05) is 0 Å². The van der Waals surface area contributed by atoms with Crippen molar-refractivity contribution in [2.24, 2.45) is 0 Å². The van der Waals surface area contributed by atoms with E-state index in [9.17, 15) is 0 Å². The molecule has 0 saturated heterocycles. The molecular formula is C55H39BN2O2. The Morgan fingerprint density at radius 2 is 1.25 bits per heavy atom. The summed E-state index contributed by atoms with van der Waals surface area (Å²) >= 11 is 0. The topological polar surface area (TPSA) is 34.5 Å². The third-order valence-corrected chi connectivity index (χ3v) is 14.3. The van der Waals surface area contributed by atoms with Crippen molar-refractivity contribution in [3.05, 3.63) is 162 Å². The molecule has 1 aliphatic carbocycles. The zero-order valence-electron chi connectivity index (χ0n) is 34.1. The van der Waals surface area contributed by atoms with Gasteiger partial charge in [-0.2, -0.15) is 0 Å². The first kappa shape index (κ1) is 32.9. The summed E-state index contributed by atoms with van der Waals surface area (Å²) < 4.78 is 16.1. The molecule has 8 aromatic carbocycles. The predicted octanol–water partition coefficient (Wildman–Crippen LogP) is 13.4. The Morgan fingerprint density at radius 1 is 0.533 bits per heavy atom. The summed E-state index contributed by atoms with van der Waals surface area (Å²) in [4.78, 5) is 2.64. The second kappa shape index (κ2) is 10.8. The number of hydrogen-bond acceptors (Lipinski definition) is 3. The first-order valence-corrected chi connectivity index (χ1v) is 21.2. The molecule has 3 aromatic heterocycles. The van der Waals surface area contributed by atoms with Crippen LogP contribution in [0.5, 0.6) is 0 Å². The van der Waals surface area contributed by atoms with Crippen molar-refractivity contribution in [3.8, 4) is 27.9 Å². The molecule has 11 aromatic rings. The molecule has 0 saturated carbocycles. The van der Waals surface area contributed by atoms with Crippen LogP contribution in [0.25, 0.3) is 93.6 Å². The Morgan fingerprint density at radius 3 is 2.05 bits per heavy atom. The van der Waals surface area contributed by atoms with E-state index in [0.29, 0.717) is 0 Å². The Balaban J connectivity index is 1.17. The maximum Gasteiger partial charge on any atom is 0.333 e. The van der Waals surface area contributed by atoms with Gasteiger partial charge in [-0.1, -0.05) is 126 Å². The number of rotatable bonds is 1. The minimum atomic E-state index is -0.164. The SMILES string of the molecule is CC(C)(C)c1ccc(N2B3c4cc5c(cc4-n4c6ccc7c8ccccc8oc7c6c6ccc(c3c64)-c3cc4oc6ccccc6c4cc32)-c2ccccc2C5(C)C)cc1. The average molecular weight is 771 g/mol. The lowest BCUT2D eigenvalue weighted by atomic mass is 9.43. The predicted molar refractivity (Wildman–Crippen MR) is 251 cm³/mol. The number of aromatic nitrogens is 1. The molecular weight excluding hydrogens is 731 g/mol. The van der Waals surface area contributed by atoms with Gasteiger partial charge in [-0.3, -0.25) is 0 Å². The molecule has 0 bridgehead atoms. The fourth-order valence-corrected chi connectivity index (χ4v) is 11.5. The van der Waals surface area contributed by atoms with Gasteiger partial charge in [-0.15, -0.1) is 0 Å². The lowest BCUT2D eigenvalue weighted by Gasteiger charge is -2.42. The summed E-state index contributed by atoms with van der Waals surface area (Å²) in [6, 6.07) is 54.4. The van der Waals surface area contributed by atoms with Gasteiger partial charge < -0.3 is 18.2 Å². The number of para-hydroxylation sites is 2. The molecule has 0 fully saturated rings. The van der Waals surface area contributed by atoms with E-state index in [4.69, 9.17) is 8.83 Å². The van der Waals surface area contributed by atoms with Crippen LogP contribution in [-0.2, 0) is 10.8 Å². The second-order valence-electron chi connectivity index (χ2n) is 18.9. The molecule has 4 nitrogen and oxygen atoms in total. The Bertz CT molecular complexity index is 3740. The van der Waals surface area contributed by atoms with Gasteiger partial charge in [-0.25, -0.2) is 0 Å². The molecule has 0 unspecified atom stereocenters. The molecule has 0 amide bonds. The standard InChI is InChI=1S/C55H39BN2O2/c1-54(2,3)30-18-20-31(21-19-30)58-45-27-40-34-14-8-10-16-47(34)59-49(40)28-39(45)35-22-23-37-50-44(25-24-36-33-13-7-11-17-48(33)60-53(36)50)57-46-26-38-32-12-6-9-15-41(32)55(4,5)42(38)29-43(46)56(58)51(35)52(37)57/h6-29H,1-5H3. The molecule has 284 valence electrons. The minimum Gasteiger partial charge on any atom is -0.456 e. The minimum absolute atomic E-state index is 0.0283. The highest BCUT2D eigenvalue weighted by atomic mass is 16.3. The second-order valence-corrected chi connectivity index (χ2v) is 18.9. The van der Waals surface area contributed by atoms with E-state index in [1.54, 1.807) is 0 Å². The van der Waals surface area contributed by atoms with Crippen molar-refractivity contribution < 1.29 is 8.83 Å². The fraction of sp³-hybridized carbons (Fsp3) is 0.127. The molecule has 60 heavy (non-hydrogen) atoms. The monoisotopic (exact) mass is 770 g/mol. The van der Waals surface area contributed by atoms with Crippen LogP contribution >= 0.6 is 0 Å². The van der Waals surface area contributed by atoms with E-state index in [2.05, 4.69) is 190 Å². The summed E-state index contributed by atoms with van der Waals surface area (Å²) in [6.45, 7) is 11.6. The van der Waals surface area contributed by atoms with Gasteiger partial charge in [0.2, 0.25) is 0 Å². The molecule has 2 aliphatic heterocycles. The Labute approximate surface area is 347 Å². The van der Waals surface area contributed by atoms with Gasteiger partial charge in [0.1, 0.15) is 22.3 Å². The smallest absolute Gasteiger partial charge is 0.333 e. The first-order valence-electron chi connectivity index (χ1n) is 21.2. The van der Waals surface area contributed by atoms with Crippen molar-refractivity contribution in [2.75, 3.05) is 4.81 Å². The Hall–Kier alpha value is -6.98. The van der Waals surface area contributed by atoms with Crippen LogP contribution in [-0.4, -0.2) is 11.4 Å². The molecule has 3 aliphatic rings. The van der Waals surface area contributed by atoms with Gasteiger partial charge in [-0.05, 0) is 104 Å². The lowest BCUT2D eigenvalue weighted by molar-refractivity contribution is 0.590. The van der Waals surface area contributed by atoms with Gasteiger partial charge in [0, 0.05) is 55.0 Å². The number of furan rings is 2. The summed E-state index contributed by atoms with van der Waals surface area (Å²) in [5.74, 6) is 0. The maximum absolute atomic E-state index is 6.85. The van der Waals surface area contributed by atoms with Crippen molar-refractivity contribution in [2.45, 2.75) is 45.4 Å². The normalized spacial score (nSPS) is 14.8. The molecule has 5 heterocycles. The zero-order valence-corrected chi connectivity index (χ0v) is 34.1. The summed E-state index contributed by atoms with van der Waals surface area (Å²) in [5, 5.41) is 6.93. The number of anilines is 2. The van der Waals surface area contributed by atoms with Crippen LogP contribution in [0.15, 0.2) is 154 Å². The molecule has 0 N–H and O–H groups in total. The largest absolute Gasteiger partial charge is 0.456 e.